The predicted molar refractivity (Wildman–Crippen MR) is 133 cm³/mol. The zero-order valence-corrected chi connectivity index (χ0v) is 22.2. The van der Waals surface area contributed by atoms with Gasteiger partial charge >= 0.3 is 5.97 Å². The van der Waals surface area contributed by atoms with Crippen molar-refractivity contribution in [2.45, 2.75) is 51.0 Å². The van der Waals surface area contributed by atoms with Crippen LogP contribution in [-0.4, -0.2) is 43.8 Å². The van der Waals surface area contributed by atoms with Crippen molar-refractivity contribution in [3.05, 3.63) is 58.3 Å². The van der Waals surface area contributed by atoms with Crippen LogP contribution >= 0.6 is 15.9 Å². The Labute approximate surface area is 213 Å². The van der Waals surface area contributed by atoms with Crippen LogP contribution < -0.4 is 5.32 Å². The van der Waals surface area contributed by atoms with E-state index in [-0.39, 0.29) is 33.0 Å². The maximum absolute atomic E-state index is 13.9. The van der Waals surface area contributed by atoms with E-state index in [0.29, 0.717) is 11.0 Å². The van der Waals surface area contributed by atoms with Gasteiger partial charge in [0.25, 0.3) is 5.91 Å². The van der Waals surface area contributed by atoms with Crippen molar-refractivity contribution in [2.24, 2.45) is 10.8 Å². The molecule has 7 nitrogen and oxygen atoms in total. The molecular formula is C25H28BrFN2O5S. The summed E-state index contributed by atoms with van der Waals surface area (Å²) in [5.41, 5.74) is -0.0390. The van der Waals surface area contributed by atoms with Crippen LogP contribution in [0.2, 0.25) is 0 Å². The van der Waals surface area contributed by atoms with Crippen molar-refractivity contribution in [2.75, 3.05) is 18.5 Å². The molecule has 2 aliphatic rings. The number of halogens is 2. The summed E-state index contributed by atoms with van der Waals surface area (Å²) in [5, 5.41) is 2.33. The zero-order valence-electron chi connectivity index (χ0n) is 19.8. The number of carbonyl (C=O) groups is 2. The van der Waals surface area contributed by atoms with E-state index in [1.54, 1.807) is 10.4 Å². The van der Waals surface area contributed by atoms with Gasteiger partial charge in [-0.1, -0.05) is 42.8 Å². The summed E-state index contributed by atoms with van der Waals surface area (Å²) in [5.74, 6) is -2.20. The van der Waals surface area contributed by atoms with Gasteiger partial charge in [-0.2, -0.15) is 4.31 Å². The molecule has 1 aliphatic heterocycles. The van der Waals surface area contributed by atoms with E-state index in [0.717, 1.165) is 19.3 Å². The van der Waals surface area contributed by atoms with Gasteiger partial charge in [0.2, 0.25) is 10.0 Å². The van der Waals surface area contributed by atoms with Crippen LogP contribution in [0.1, 0.15) is 50.4 Å². The van der Waals surface area contributed by atoms with E-state index in [4.69, 9.17) is 4.74 Å². The normalized spacial score (nSPS) is 23.6. The summed E-state index contributed by atoms with van der Waals surface area (Å²) in [6, 6.07) is 9.71. The van der Waals surface area contributed by atoms with Crippen LogP contribution in [0.3, 0.4) is 0 Å². The molecule has 0 radical (unpaired) electrons. The first-order valence-corrected chi connectivity index (χ1v) is 13.6. The number of rotatable bonds is 6. The Morgan fingerprint density at radius 2 is 1.91 bits per heavy atom. The summed E-state index contributed by atoms with van der Waals surface area (Å²) in [6.45, 7) is 6.28. The summed E-state index contributed by atoms with van der Waals surface area (Å²) in [4.78, 5) is 24.7. The summed E-state index contributed by atoms with van der Waals surface area (Å²) in [7, 11) is -3.82. The molecule has 2 atom stereocenters. The number of sulfonamides is 1. The average Bonchev–Trinajstić information content (AvgIpc) is 3.03. The maximum atomic E-state index is 13.9. The minimum atomic E-state index is -3.82. The van der Waals surface area contributed by atoms with E-state index < -0.39 is 34.3 Å². The Hall–Kier alpha value is -2.30. The van der Waals surface area contributed by atoms with Gasteiger partial charge in [-0.25, -0.2) is 17.6 Å². The van der Waals surface area contributed by atoms with Crippen LogP contribution in [0.15, 0.2) is 51.8 Å². The molecule has 1 aliphatic carbocycles. The second-order valence-electron chi connectivity index (χ2n) is 10.5. The number of carbonyl (C=O) groups excluding carboxylic acids is 2. The van der Waals surface area contributed by atoms with Crippen LogP contribution in [-0.2, 0) is 19.6 Å². The van der Waals surface area contributed by atoms with Crippen molar-refractivity contribution in [1.29, 1.82) is 0 Å². The van der Waals surface area contributed by atoms with Crippen molar-refractivity contribution in [3.8, 4) is 0 Å². The number of fused-ring (bicyclic) bond motifs is 2. The molecule has 1 N–H and O–H groups in total. The lowest BCUT2D eigenvalue weighted by atomic mass is 9.65. The van der Waals surface area contributed by atoms with E-state index in [1.807, 2.05) is 0 Å². The highest BCUT2D eigenvalue weighted by atomic mass is 79.9. The molecule has 2 bridgehead atoms. The number of esters is 1. The zero-order chi connectivity index (χ0) is 25.6. The Balaban J connectivity index is 1.44. The second kappa shape index (κ2) is 9.29. The number of benzene rings is 2. The van der Waals surface area contributed by atoms with Crippen molar-refractivity contribution < 1.29 is 27.1 Å². The number of amides is 1. The number of hydrogen-bond donors (Lipinski definition) is 1. The lowest BCUT2D eigenvalue weighted by molar-refractivity contribution is -0.119. The fourth-order valence-corrected chi connectivity index (χ4v) is 7.75. The third-order valence-corrected chi connectivity index (χ3v) is 8.97. The van der Waals surface area contributed by atoms with Gasteiger partial charge in [-0.3, -0.25) is 4.79 Å². The van der Waals surface area contributed by atoms with Gasteiger partial charge in [0.05, 0.1) is 16.1 Å². The van der Waals surface area contributed by atoms with E-state index in [2.05, 4.69) is 42.0 Å². The lowest BCUT2D eigenvalue weighted by Gasteiger charge is -2.39. The highest BCUT2D eigenvalue weighted by Gasteiger charge is 2.53. The molecule has 4 rings (SSSR count). The van der Waals surface area contributed by atoms with Crippen molar-refractivity contribution in [1.82, 2.24) is 4.31 Å². The molecule has 10 heteroatoms. The van der Waals surface area contributed by atoms with Gasteiger partial charge in [-0.05, 0) is 66.5 Å². The van der Waals surface area contributed by atoms with E-state index in [1.165, 1.54) is 36.4 Å². The van der Waals surface area contributed by atoms with Gasteiger partial charge < -0.3 is 10.1 Å². The molecule has 0 spiro atoms. The Morgan fingerprint density at radius 3 is 2.63 bits per heavy atom. The predicted octanol–water partition coefficient (Wildman–Crippen LogP) is 4.97. The number of anilines is 1. The molecular weight excluding hydrogens is 539 g/mol. The Kier molecular flexibility index (Phi) is 6.85. The third kappa shape index (κ3) is 5.59. The molecule has 188 valence electrons. The summed E-state index contributed by atoms with van der Waals surface area (Å²) < 4.78 is 48.0. The summed E-state index contributed by atoms with van der Waals surface area (Å²) in [6.07, 6.45) is 2.57. The minimum Gasteiger partial charge on any atom is -0.452 e. The van der Waals surface area contributed by atoms with E-state index >= 15 is 0 Å². The lowest BCUT2D eigenvalue weighted by Crippen LogP contribution is -2.37. The molecule has 2 fully saturated rings. The molecule has 1 saturated heterocycles. The van der Waals surface area contributed by atoms with Crippen molar-refractivity contribution in [3.63, 3.8) is 0 Å². The molecule has 1 heterocycles. The van der Waals surface area contributed by atoms with Crippen LogP contribution in [0.4, 0.5) is 10.1 Å². The maximum Gasteiger partial charge on any atom is 0.338 e. The fourth-order valence-electron chi connectivity index (χ4n) is 5.60. The minimum absolute atomic E-state index is 0.0160. The second-order valence-corrected chi connectivity index (χ2v) is 13.3. The monoisotopic (exact) mass is 566 g/mol. The quantitative estimate of drug-likeness (QED) is 0.498. The van der Waals surface area contributed by atoms with E-state index in [9.17, 15) is 22.4 Å². The van der Waals surface area contributed by atoms with Crippen LogP contribution in [0, 0.1) is 16.6 Å². The summed E-state index contributed by atoms with van der Waals surface area (Å²) >= 11 is 3.13. The van der Waals surface area contributed by atoms with Crippen LogP contribution in [0.25, 0.3) is 0 Å². The molecule has 0 unspecified atom stereocenters. The van der Waals surface area contributed by atoms with Gasteiger partial charge in [0.1, 0.15) is 5.82 Å². The largest absolute Gasteiger partial charge is 0.452 e. The standard InChI is InChI=1S/C25H28BrFN2O5S/c1-24(2)11-18-12-25(3,14-24)15-29(18)35(32,33)19-6-4-5-16(9-19)23(31)34-13-22(30)28-21-8-7-17(26)10-20(21)27/h4-10,18H,11-15H2,1-3H3,(H,28,30)/t18-,25-/m1/s1. The number of nitrogens with one attached hydrogen (secondary N) is 1. The Morgan fingerprint density at radius 1 is 1.17 bits per heavy atom. The van der Waals surface area contributed by atoms with Crippen LogP contribution in [0.5, 0.6) is 0 Å². The highest BCUT2D eigenvalue weighted by molar-refractivity contribution is 9.10. The first-order valence-electron chi connectivity index (χ1n) is 11.3. The molecule has 1 amide bonds. The highest BCUT2D eigenvalue weighted by Crippen LogP contribution is 2.53. The third-order valence-electron chi connectivity index (χ3n) is 6.58. The first kappa shape index (κ1) is 25.8. The molecule has 2 aromatic carbocycles. The SMILES string of the molecule is CC1(C)C[C@@H]2C[C@@](C)(CN2S(=O)(=O)c2cccc(C(=O)OCC(=O)Nc3ccc(Br)cc3F)c2)C1. The number of hydrogen-bond acceptors (Lipinski definition) is 5. The fraction of sp³-hybridized carbons (Fsp3) is 0.440. The molecule has 1 saturated carbocycles. The molecule has 0 aromatic heterocycles. The molecule has 2 aromatic rings. The molecule has 35 heavy (non-hydrogen) atoms. The number of ether oxygens (including phenoxy) is 1. The topological polar surface area (TPSA) is 92.8 Å². The Bertz CT molecular complexity index is 1280. The van der Waals surface area contributed by atoms with Gasteiger partial charge in [0, 0.05) is 17.1 Å². The van der Waals surface area contributed by atoms with Gasteiger partial charge in [-0.15, -0.1) is 0 Å². The van der Waals surface area contributed by atoms with Crippen molar-refractivity contribution >= 4 is 43.5 Å². The first-order chi connectivity index (χ1) is 16.3. The number of nitrogens with zero attached hydrogens (tertiary/aromatic N) is 1. The average molecular weight is 567 g/mol. The van der Waals surface area contributed by atoms with Gasteiger partial charge in [0.15, 0.2) is 6.61 Å². The smallest absolute Gasteiger partial charge is 0.338 e.